The summed E-state index contributed by atoms with van der Waals surface area (Å²) in [5, 5.41) is 10.1. The number of aromatic carboxylic acids is 1. The average molecular weight is 531 g/mol. The minimum atomic E-state index is -1.06. The number of thioether (sulfide) groups is 1. The Labute approximate surface area is 214 Å². The van der Waals surface area contributed by atoms with Crippen molar-refractivity contribution in [3.05, 3.63) is 98.1 Å². The van der Waals surface area contributed by atoms with Crippen molar-refractivity contribution in [3.8, 4) is 5.75 Å². The summed E-state index contributed by atoms with van der Waals surface area (Å²) in [5.74, 6) is -1.39. The second-order valence-electron chi connectivity index (χ2n) is 7.45. The molecule has 3 aromatic rings. The first-order valence-corrected chi connectivity index (χ1v) is 11.7. The van der Waals surface area contributed by atoms with Gasteiger partial charge in [-0.05, 0) is 71.4 Å². The fourth-order valence-electron chi connectivity index (χ4n) is 3.16. The Bertz CT molecular complexity index is 1350. The van der Waals surface area contributed by atoms with E-state index < -0.39 is 5.97 Å². The number of hydrogen-bond acceptors (Lipinski definition) is 5. The Hall–Kier alpha value is -3.33. The van der Waals surface area contributed by atoms with Crippen LogP contribution >= 0.6 is 35.0 Å². The number of carboxylic acid groups (broad SMARTS) is 1. The van der Waals surface area contributed by atoms with E-state index in [1.54, 1.807) is 49.5 Å². The van der Waals surface area contributed by atoms with Gasteiger partial charge < -0.3 is 9.84 Å². The molecule has 35 heavy (non-hydrogen) atoms. The molecule has 1 fully saturated rings. The molecule has 6 nitrogen and oxygen atoms in total. The van der Waals surface area contributed by atoms with E-state index >= 15 is 0 Å². The maximum absolute atomic E-state index is 13.1. The number of carbonyl (C=O) groups excluding carboxylic acids is 1. The van der Waals surface area contributed by atoms with Crippen LogP contribution in [0.2, 0.25) is 10.0 Å². The van der Waals surface area contributed by atoms with Crippen molar-refractivity contribution < 1.29 is 23.8 Å². The van der Waals surface area contributed by atoms with Crippen molar-refractivity contribution >= 4 is 63.8 Å². The summed E-state index contributed by atoms with van der Waals surface area (Å²) in [6.07, 6.45) is 1.64. The van der Waals surface area contributed by atoms with Crippen molar-refractivity contribution in [2.75, 3.05) is 7.05 Å². The van der Waals surface area contributed by atoms with Crippen molar-refractivity contribution in [2.24, 2.45) is 4.99 Å². The predicted molar refractivity (Wildman–Crippen MR) is 136 cm³/mol. The molecule has 0 bridgehead atoms. The van der Waals surface area contributed by atoms with Crippen LogP contribution in [0, 0.1) is 5.82 Å². The van der Waals surface area contributed by atoms with Crippen LogP contribution in [0.3, 0.4) is 0 Å². The normalized spacial score (nSPS) is 15.8. The Morgan fingerprint density at radius 2 is 1.83 bits per heavy atom. The topological polar surface area (TPSA) is 79.2 Å². The molecule has 1 N–H and O–H groups in total. The number of benzene rings is 3. The number of aliphatic imine (C=N–C) groups is 1. The number of amidine groups is 1. The van der Waals surface area contributed by atoms with Crippen LogP contribution in [0.4, 0.5) is 10.1 Å². The van der Waals surface area contributed by atoms with E-state index in [0.717, 1.165) is 17.3 Å². The van der Waals surface area contributed by atoms with Crippen LogP contribution in [0.25, 0.3) is 6.08 Å². The number of carboxylic acids is 1. The minimum absolute atomic E-state index is 0.102. The molecular weight excluding hydrogens is 514 g/mol. The highest BCUT2D eigenvalue weighted by molar-refractivity contribution is 8.18. The summed E-state index contributed by atoms with van der Waals surface area (Å²) in [5.41, 5.74) is 1.86. The summed E-state index contributed by atoms with van der Waals surface area (Å²) in [7, 11) is 1.59. The van der Waals surface area contributed by atoms with E-state index in [9.17, 15) is 14.0 Å². The van der Waals surface area contributed by atoms with E-state index in [2.05, 4.69) is 4.99 Å². The lowest BCUT2D eigenvalue weighted by Gasteiger charge is -2.11. The number of rotatable bonds is 6. The van der Waals surface area contributed by atoms with E-state index in [4.69, 9.17) is 33.0 Å². The number of nitrogens with zero attached hydrogens (tertiary/aromatic N) is 2. The van der Waals surface area contributed by atoms with Gasteiger partial charge in [0.1, 0.15) is 12.4 Å². The first-order chi connectivity index (χ1) is 16.7. The molecule has 0 aromatic heterocycles. The van der Waals surface area contributed by atoms with Gasteiger partial charge in [0, 0.05) is 7.05 Å². The summed E-state index contributed by atoms with van der Waals surface area (Å²) >= 11 is 13.9. The molecule has 1 aliphatic rings. The van der Waals surface area contributed by atoms with E-state index in [-0.39, 0.29) is 39.7 Å². The third-order valence-electron chi connectivity index (χ3n) is 4.94. The van der Waals surface area contributed by atoms with Crippen LogP contribution in [-0.2, 0) is 11.4 Å². The van der Waals surface area contributed by atoms with E-state index in [0.29, 0.717) is 21.3 Å². The van der Waals surface area contributed by atoms with Gasteiger partial charge in [-0.3, -0.25) is 9.69 Å². The van der Waals surface area contributed by atoms with Gasteiger partial charge in [0.25, 0.3) is 5.91 Å². The van der Waals surface area contributed by atoms with Gasteiger partial charge in [-0.15, -0.1) is 0 Å². The molecular formula is C25H17Cl2FN2O4S. The molecule has 0 saturated carbocycles. The Balaban J connectivity index is 1.54. The number of hydrogen-bond donors (Lipinski definition) is 1. The summed E-state index contributed by atoms with van der Waals surface area (Å²) in [6.45, 7) is 0.155. The smallest absolute Gasteiger partial charge is 0.335 e. The minimum Gasteiger partial charge on any atom is -0.486 e. The average Bonchev–Trinajstić information content (AvgIpc) is 3.07. The maximum Gasteiger partial charge on any atom is 0.335 e. The van der Waals surface area contributed by atoms with Crippen LogP contribution < -0.4 is 4.74 Å². The number of carbonyl (C=O) groups is 2. The van der Waals surface area contributed by atoms with Crippen molar-refractivity contribution in [1.82, 2.24) is 4.90 Å². The second-order valence-corrected chi connectivity index (χ2v) is 9.28. The molecule has 0 spiro atoms. The summed E-state index contributed by atoms with van der Waals surface area (Å²) in [6, 6.07) is 15.3. The Morgan fingerprint density at radius 3 is 2.49 bits per heavy atom. The maximum atomic E-state index is 13.1. The van der Waals surface area contributed by atoms with Gasteiger partial charge in [0.15, 0.2) is 10.9 Å². The molecule has 1 amide bonds. The quantitative estimate of drug-likeness (QED) is 0.361. The monoisotopic (exact) mass is 530 g/mol. The number of likely N-dealkylation sites (N-methyl/N-ethyl adjacent to an activating group) is 1. The Morgan fingerprint density at radius 1 is 1.14 bits per heavy atom. The number of ether oxygens (including phenoxy) is 1. The number of amides is 1. The summed E-state index contributed by atoms with van der Waals surface area (Å²) < 4.78 is 18.8. The molecule has 3 aromatic carbocycles. The zero-order chi connectivity index (χ0) is 25.1. The van der Waals surface area contributed by atoms with Gasteiger partial charge in [-0.1, -0.05) is 41.4 Å². The third-order valence-corrected chi connectivity index (χ3v) is 6.56. The molecule has 0 aliphatic carbocycles. The summed E-state index contributed by atoms with van der Waals surface area (Å²) in [4.78, 5) is 30.1. The highest BCUT2D eigenvalue weighted by Gasteiger charge is 2.30. The van der Waals surface area contributed by atoms with Gasteiger partial charge in [-0.25, -0.2) is 14.2 Å². The first kappa shape index (κ1) is 24.8. The molecule has 1 saturated heterocycles. The molecule has 1 heterocycles. The van der Waals surface area contributed by atoms with E-state index in [1.807, 2.05) is 0 Å². The van der Waals surface area contributed by atoms with Gasteiger partial charge in [-0.2, -0.15) is 0 Å². The number of halogens is 3. The predicted octanol–water partition coefficient (Wildman–Crippen LogP) is 6.64. The zero-order valence-corrected chi connectivity index (χ0v) is 20.5. The highest BCUT2D eigenvalue weighted by Crippen LogP contribution is 2.38. The van der Waals surface area contributed by atoms with Crippen LogP contribution in [0.15, 0.2) is 70.6 Å². The molecule has 178 valence electrons. The van der Waals surface area contributed by atoms with E-state index in [1.165, 1.54) is 29.2 Å². The largest absolute Gasteiger partial charge is 0.486 e. The van der Waals surface area contributed by atoms with Gasteiger partial charge >= 0.3 is 5.97 Å². The molecule has 0 radical (unpaired) electrons. The zero-order valence-electron chi connectivity index (χ0n) is 18.2. The molecule has 1 aliphatic heterocycles. The lowest BCUT2D eigenvalue weighted by molar-refractivity contribution is -0.121. The van der Waals surface area contributed by atoms with Crippen LogP contribution in [-0.4, -0.2) is 34.1 Å². The molecule has 0 unspecified atom stereocenters. The third kappa shape index (κ3) is 5.85. The SMILES string of the molecule is CN1C(=O)/C(=C/c2cc(Cl)c(OCc3ccc(F)cc3)c(Cl)c2)SC1=Nc1cccc(C(=O)O)c1. The van der Waals surface area contributed by atoms with Crippen molar-refractivity contribution in [1.29, 1.82) is 0 Å². The molecule has 0 atom stereocenters. The fraction of sp³-hybridized carbons (Fsp3) is 0.0800. The highest BCUT2D eigenvalue weighted by atomic mass is 35.5. The standard InChI is InChI=1S/C25H17Cl2FN2O4S/c1-30-23(31)21(35-25(30)29-18-4-2-3-16(12-18)24(32)33)11-15-9-19(26)22(20(27)10-15)34-13-14-5-7-17(28)8-6-14/h2-12H,13H2,1H3,(H,32,33)/b21-11-,29-25?. The van der Waals surface area contributed by atoms with Crippen molar-refractivity contribution in [2.45, 2.75) is 6.61 Å². The lowest BCUT2D eigenvalue weighted by Crippen LogP contribution is -2.23. The fourth-order valence-corrected chi connectivity index (χ4v) is 4.76. The van der Waals surface area contributed by atoms with Crippen LogP contribution in [0.1, 0.15) is 21.5 Å². The van der Waals surface area contributed by atoms with Crippen LogP contribution in [0.5, 0.6) is 5.75 Å². The second kappa shape index (κ2) is 10.5. The molecule has 4 rings (SSSR count). The first-order valence-electron chi connectivity index (χ1n) is 10.2. The molecule has 10 heteroatoms. The Kier molecular flexibility index (Phi) is 7.45. The van der Waals surface area contributed by atoms with Gasteiger partial charge in [0.2, 0.25) is 0 Å². The van der Waals surface area contributed by atoms with Gasteiger partial charge in [0.05, 0.1) is 26.2 Å². The van der Waals surface area contributed by atoms with Crippen molar-refractivity contribution in [3.63, 3.8) is 0 Å². The lowest BCUT2D eigenvalue weighted by atomic mass is 10.2.